The number of hydrogen-bond acceptors (Lipinski definition) is 16. The average Bonchev–Trinajstić information content (AvgIpc) is 3.12. The van der Waals surface area contributed by atoms with Crippen molar-refractivity contribution in [1.29, 1.82) is 0 Å². The van der Waals surface area contributed by atoms with Crippen molar-refractivity contribution in [2.24, 2.45) is 0 Å². The van der Waals surface area contributed by atoms with Crippen LogP contribution in [0.25, 0.3) is 0 Å². The van der Waals surface area contributed by atoms with Gasteiger partial charge in [0.15, 0.2) is 15.6 Å². The van der Waals surface area contributed by atoms with Crippen LogP contribution in [-0.4, -0.2) is 191 Å². The highest BCUT2D eigenvalue weighted by Crippen LogP contribution is 1.95. The Labute approximate surface area is 300 Å². The van der Waals surface area contributed by atoms with Gasteiger partial charge in [0.2, 0.25) is 0 Å². The van der Waals surface area contributed by atoms with E-state index in [2.05, 4.69) is 6.58 Å². The fourth-order valence-electron chi connectivity index (χ4n) is 3.33. The summed E-state index contributed by atoms with van der Waals surface area (Å²) in [6.07, 6.45) is -0.246. The lowest BCUT2D eigenvalue weighted by molar-refractivity contribution is -0.128. The van der Waals surface area contributed by atoms with Gasteiger partial charge < -0.3 is 61.6 Å². The molecule has 0 fully saturated rings. The van der Waals surface area contributed by atoms with Crippen LogP contribution in [0.1, 0.15) is 21.6 Å². The summed E-state index contributed by atoms with van der Waals surface area (Å²) in [5, 5.41) is 0.964. The minimum Gasteiger partial charge on any atom is -0.379 e. The van der Waals surface area contributed by atoms with E-state index in [1.165, 1.54) is 6.92 Å². The van der Waals surface area contributed by atoms with Gasteiger partial charge in [-0.2, -0.15) is 0 Å². The molecule has 1 unspecified atom stereocenters. The molecule has 0 amide bonds. The van der Waals surface area contributed by atoms with Crippen LogP contribution in [0.4, 0.5) is 0 Å². The lowest BCUT2D eigenvalue weighted by Gasteiger charge is -2.10. The van der Waals surface area contributed by atoms with Gasteiger partial charge in [0.25, 0.3) is 0 Å². The molecule has 0 aliphatic carbocycles. The Morgan fingerprint density at radius 1 is 0.500 bits per heavy atom. The van der Waals surface area contributed by atoms with E-state index >= 15 is 0 Å². The van der Waals surface area contributed by atoms with E-state index in [-0.39, 0.29) is 25.0 Å². The van der Waals surface area contributed by atoms with Crippen molar-refractivity contribution in [3.63, 3.8) is 0 Å². The SMILES string of the molecule is [2H]CC(OCCOCCOCCOCCOCCOCCOCCOCCOCCOCCOCCOCCOCCCS(=O)(=O)C=C)C(C)=O. The highest BCUT2D eigenvalue weighted by atomic mass is 32.2. The maximum Gasteiger partial charge on any atom is 0.171 e. The summed E-state index contributed by atoms with van der Waals surface area (Å²) in [5.74, 6) is -0.108. The van der Waals surface area contributed by atoms with Gasteiger partial charge in [-0.25, -0.2) is 8.42 Å². The van der Waals surface area contributed by atoms with E-state index in [0.717, 1.165) is 5.41 Å². The number of ketones is 1. The molecule has 0 aromatic rings. The van der Waals surface area contributed by atoms with Gasteiger partial charge in [-0.05, 0) is 20.2 Å². The van der Waals surface area contributed by atoms with Crippen molar-refractivity contribution < 1.29 is 76.2 Å². The van der Waals surface area contributed by atoms with Gasteiger partial charge in [-0.3, -0.25) is 4.79 Å². The second-order valence-corrected chi connectivity index (χ2v) is 12.3. The molecule has 0 aliphatic heterocycles. The van der Waals surface area contributed by atoms with Crippen molar-refractivity contribution in [2.45, 2.75) is 26.3 Å². The Balaban J connectivity index is 3.12. The lowest BCUT2D eigenvalue weighted by atomic mass is 10.3. The van der Waals surface area contributed by atoms with Crippen molar-refractivity contribution in [3.05, 3.63) is 12.0 Å². The van der Waals surface area contributed by atoms with Gasteiger partial charge in [-0.15, -0.1) is 0 Å². The molecular formula is C33H64O16S. The monoisotopic (exact) mass is 749 g/mol. The predicted molar refractivity (Wildman–Crippen MR) is 185 cm³/mol. The Kier molecular flexibility index (Phi) is 36.6. The molecule has 0 radical (unpaired) electrons. The first-order valence-corrected chi connectivity index (χ1v) is 18.8. The van der Waals surface area contributed by atoms with Crippen molar-refractivity contribution >= 4 is 15.6 Å². The zero-order chi connectivity index (χ0) is 37.4. The van der Waals surface area contributed by atoms with Gasteiger partial charge in [0.1, 0.15) is 6.10 Å². The van der Waals surface area contributed by atoms with E-state index in [1.807, 2.05) is 0 Å². The number of carbonyl (C=O) groups is 1. The standard InChI is InChI=1S/C33H64O16S/c1-4-50(35,36)31-5-6-37-7-8-38-9-10-39-11-12-40-13-14-41-15-16-42-17-18-43-19-20-44-21-22-45-23-24-46-25-26-47-27-28-48-29-30-49-33(3)32(2)34/h4,33H,1,5-31H2,2-3H3/i3D. The minimum atomic E-state index is -3.16. The summed E-state index contributed by atoms with van der Waals surface area (Å²) < 4.78 is 100. The van der Waals surface area contributed by atoms with Crippen molar-refractivity contribution in [1.82, 2.24) is 0 Å². The van der Waals surface area contributed by atoms with Crippen LogP contribution in [0.2, 0.25) is 0 Å². The molecule has 0 rings (SSSR count). The molecule has 0 heterocycles. The summed E-state index contributed by atoms with van der Waals surface area (Å²) in [4.78, 5) is 11.2. The normalized spacial score (nSPS) is 12.7. The van der Waals surface area contributed by atoms with Crippen LogP contribution in [0.5, 0.6) is 0 Å². The first kappa shape index (κ1) is 46.9. The summed E-state index contributed by atoms with van der Waals surface area (Å²) in [6, 6.07) is 0. The molecule has 298 valence electrons. The van der Waals surface area contributed by atoms with Crippen LogP contribution >= 0.6 is 0 Å². The fourth-order valence-corrected chi connectivity index (χ4v) is 4.02. The molecule has 0 aromatic heterocycles. The molecule has 0 spiro atoms. The third kappa shape index (κ3) is 39.6. The molecule has 16 nitrogen and oxygen atoms in total. The molecular weight excluding hydrogens is 684 g/mol. The van der Waals surface area contributed by atoms with E-state index in [9.17, 15) is 13.2 Å². The molecule has 0 N–H and O–H groups in total. The Hall–Kier alpha value is -1.16. The summed E-state index contributed by atoms with van der Waals surface area (Å²) in [6.45, 7) is 15.7. The highest BCUT2D eigenvalue weighted by molar-refractivity contribution is 7.94. The van der Waals surface area contributed by atoms with Gasteiger partial charge >= 0.3 is 0 Å². The average molecular weight is 750 g/mol. The first-order valence-electron chi connectivity index (χ1n) is 17.8. The van der Waals surface area contributed by atoms with Crippen molar-refractivity contribution in [2.75, 3.05) is 171 Å². The maximum atomic E-state index is 11.3. The van der Waals surface area contributed by atoms with Crippen LogP contribution < -0.4 is 0 Å². The minimum absolute atomic E-state index is 0.0418. The van der Waals surface area contributed by atoms with Crippen LogP contribution in [-0.2, 0) is 76.2 Å². The number of hydrogen-bond donors (Lipinski definition) is 0. The number of Topliss-reactive ketones (excluding diaryl/α,β-unsaturated/α-hetero) is 1. The van der Waals surface area contributed by atoms with E-state index in [0.29, 0.717) is 165 Å². The van der Waals surface area contributed by atoms with Crippen LogP contribution in [0.15, 0.2) is 12.0 Å². The molecule has 0 aliphatic rings. The quantitative estimate of drug-likeness (QED) is 0.0812. The fraction of sp³-hybridized carbons (Fsp3) is 0.909. The molecule has 0 bridgehead atoms. The second kappa shape index (κ2) is 39.1. The second-order valence-electron chi connectivity index (χ2n) is 10.2. The van der Waals surface area contributed by atoms with E-state index in [4.69, 9.17) is 62.9 Å². The van der Waals surface area contributed by atoms with E-state index < -0.39 is 15.9 Å². The largest absolute Gasteiger partial charge is 0.379 e. The summed E-state index contributed by atoms with van der Waals surface area (Å²) in [5.41, 5.74) is 0. The first-order chi connectivity index (χ1) is 24.9. The Bertz CT molecular complexity index is 855. The smallest absolute Gasteiger partial charge is 0.171 e. The maximum absolute atomic E-state index is 11.3. The Morgan fingerprint density at radius 3 is 0.960 bits per heavy atom. The lowest BCUT2D eigenvalue weighted by Crippen LogP contribution is -2.20. The zero-order valence-corrected chi connectivity index (χ0v) is 30.9. The third-order valence-electron chi connectivity index (χ3n) is 6.06. The molecule has 0 saturated heterocycles. The zero-order valence-electron chi connectivity index (χ0n) is 31.1. The topological polar surface area (TPSA) is 171 Å². The van der Waals surface area contributed by atoms with Crippen molar-refractivity contribution in [3.8, 4) is 0 Å². The predicted octanol–water partition coefficient (Wildman–Crippen LogP) is 1.13. The number of ether oxygens (including phenoxy) is 13. The molecule has 1 atom stereocenters. The van der Waals surface area contributed by atoms with Crippen LogP contribution in [0, 0.1) is 0 Å². The van der Waals surface area contributed by atoms with Gasteiger partial charge in [-0.1, -0.05) is 6.58 Å². The van der Waals surface area contributed by atoms with Gasteiger partial charge in [0, 0.05) is 13.4 Å². The highest BCUT2D eigenvalue weighted by Gasteiger charge is 2.06. The number of carbonyl (C=O) groups excluding carboxylic acids is 1. The summed E-state index contributed by atoms with van der Waals surface area (Å²) >= 11 is 0. The Morgan fingerprint density at radius 2 is 0.740 bits per heavy atom. The van der Waals surface area contributed by atoms with E-state index in [1.54, 1.807) is 0 Å². The number of rotatable bonds is 43. The number of sulfone groups is 1. The third-order valence-corrected chi connectivity index (χ3v) is 7.43. The molecule has 0 aromatic carbocycles. The van der Waals surface area contributed by atoms with Gasteiger partial charge in [0.05, 0.1) is 164 Å². The molecule has 17 heteroatoms. The molecule has 50 heavy (non-hydrogen) atoms. The molecule has 0 saturated carbocycles. The summed E-state index contributed by atoms with van der Waals surface area (Å²) in [7, 11) is -3.16. The van der Waals surface area contributed by atoms with Crippen LogP contribution in [0.3, 0.4) is 0 Å².